The first kappa shape index (κ1) is 18.1. The number of carbonyl (C=O) groups is 1. The first-order valence-electron chi connectivity index (χ1n) is 8.95. The number of nitrogens with two attached hydrogens (primary N) is 1. The molecule has 0 atom stereocenters. The van der Waals surface area contributed by atoms with Crippen molar-refractivity contribution in [3.8, 4) is 17.2 Å². The highest BCUT2D eigenvalue weighted by Gasteiger charge is 2.39. The molecule has 1 fully saturated rings. The zero-order valence-electron chi connectivity index (χ0n) is 15.0. The van der Waals surface area contributed by atoms with Gasteiger partial charge in [0.2, 0.25) is 0 Å². The van der Waals surface area contributed by atoms with Crippen LogP contribution >= 0.6 is 0 Å². The van der Waals surface area contributed by atoms with Gasteiger partial charge in [-0.1, -0.05) is 29.4 Å². The minimum atomic E-state index is -0.531. The molecule has 8 heteroatoms. The third-order valence-electron chi connectivity index (χ3n) is 4.74. The van der Waals surface area contributed by atoms with Crippen LogP contribution < -0.4 is 15.8 Å². The first-order chi connectivity index (χ1) is 13.5. The Morgan fingerprint density at radius 2 is 1.96 bits per heavy atom. The number of ether oxygens (including phenoxy) is 1. The Kier molecular flexibility index (Phi) is 4.79. The van der Waals surface area contributed by atoms with E-state index in [-0.39, 0.29) is 18.2 Å². The zero-order valence-corrected chi connectivity index (χ0v) is 15.0. The highest BCUT2D eigenvalue weighted by molar-refractivity contribution is 5.92. The molecular weight excluding hydrogens is 363 g/mol. The lowest BCUT2D eigenvalue weighted by Gasteiger charge is -2.34. The van der Waals surface area contributed by atoms with Gasteiger partial charge in [-0.15, -0.1) is 0 Å². The molecule has 1 heterocycles. The molecule has 0 spiro atoms. The van der Waals surface area contributed by atoms with E-state index in [1.54, 1.807) is 36.4 Å². The summed E-state index contributed by atoms with van der Waals surface area (Å²) in [5.74, 6) is 0.154. The lowest BCUT2D eigenvalue weighted by atomic mass is 9.77. The molecule has 2 aromatic carbocycles. The Balaban J connectivity index is 1.46. The SMILES string of the molecule is NC1(c2noc(-c3ccccc3OCC(=O)Nc3ccccc3F)n2)CCC1. The summed E-state index contributed by atoms with van der Waals surface area (Å²) in [5.41, 5.74) is 6.36. The maximum atomic E-state index is 13.6. The van der Waals surface area contributed by atoms with Crippen LogP contribution in [0.5, 0.6) is 5.75 Å². The van der Waals surface area contributed by atoms with Crippen molar-refractivity contribution in [2.75, 3.05) is 11.9 Å². The van der Waals surface area contributed by atoms with E-state index in [1.165, 1.54) is 12.1 Å². The Morgan fingerprint density at radius 1 is 1.21 bits per heavy atom. The average Bonchev–Trinajstić information content (AvgIpc) is 3.17. The van der Waals surface area contributed by atoms with Gasteiger partial charge in [-0.3, -0.25) is 4.79 Å². The number of anilines is 1. The summed E-state index contributed by atoms with van der Waals surface area (Å²) in [6.07, 6.45) is 2.68. The molecule has 28 heavy (non-hydrogen) atoms. The molecule has 1 saturated carbocycles. The van der Waals surface area contributed by atoms with Crippen LogP contribution in [-0.4, -0.2) is 22.7 Å². The zero-order chi connectivity index (χ0) is 19.6. The van der Waals surface area contributed by atoms with E-state index in [4.69, 9.17) is 15.0 Å². The van der Waals surface area contributed by atoms with E-state index in [0.29, 0.717) is 17.1 Å². The third kappa shape index (κ3) is 3.59. The molecule has 1 aromatic heterocycles. The van der Waals surface area contributed by atoms with Crippen molar-refractivity contribution in [2.45, 2.75) is 24.8 Å². The van der Waals surface area contributed by atoms with E-state index >= 15 is 0 Å². The molecule has 144 valence electrons. The summed E-state index contributed by atoms with van der Waals surface area (Å²) >= 11 is 0. The molecule has 0 radical (unpaired) electrons. The maximum absolute atomic E-state index is 13.6. The van der Waals surface area contributed by atoms with Gasteiger partial charge in [0.1, 0.15) is 11.6 Å². The summed E-state index contributed by atoms with van der Waals surface area (Å²) in [4.78, 5) is 16.5. The molecule has 0 aliphatic heterocycles. The third-order valence-corrected chi connectivity index (χ3v) is 4.74. The predicted octanol–water partition coefficient (Wildman–Crippen LogP) is 3.23. The molecule has 0 saturated heterocycles. The topological polar surface area (TPSA) is 103 Å². The Hall–Kier alpha value is -3.26. The lowest BCUT2D eigenvalue weighted by molar-refractivity contribution is -0.118. The van der Waals surface area contributed by atoms with Crippen molar-refractivity contribution in [3.05, 3.63) is 60.2 Å². The van der Waals surface area contributed by atoms with Crippen LogP contribution in [0.25, 0.3) is 11.5 Å². The Labute approximate surface area is 160 Å². The standard InChI is InChI=1S/C20H19FN4O3/c21-14-7-2-3-8-15(14)23-17(26)12-27-16-9-4-1-6-13(16)18-24-19(25-28-18)20(22)10-5-11-20/h1-4,6-9H,5,10-12,22H2,(H,23,26). The number of nitrogens with zero attached hydrogens (tertiary/aromatic N) is 2. The smallest absolute Gasteiger partial charge is 0.262 e. The van der Waals surface area contributed by atoms with E-state index in [2.05, 4.69) is 15.5 Å². The fourth-order valence-corrected chi connectivity index (χ4v) is 2.98. The number of hydrogen-bond acceptors (Lipinski definition) is 6. The van der Waals surface area contributed by atoms with Gasteiger partial charge in [-0.2, -0.15) is 4.98 Å². The van der Waals surface area contributed by atoms with Crippen molar-refractivity contribution in [2.24, 2.45) is 5.73 Å². The van der Waals surface area contributed by atoms with Gasteiger partial charge in [0, 0.05) is 0 Å². The second kappa shape index (κ2) is 7.40. The second-order valence-corrected chi connectivity index (χ2v) is 6.75. The molecule has 0 unspecified atom stereocenters. The van der Waals surface area contributed by atoms with Gasteiger partial charge in [-0.05, 0) is 43.5 Å². The maximum Gasteiger partial charge on any atom is 0.262 e. The van der Waals surface area contributed by atoms with Crippen LogP contribution in [0.3, 0.4) is 0 Å². The number of carbonyl (C=O) groups excluding carboxylic acids is 1. The lowest BCUT2D eigenvalue weighted by Crippen LogP contribution is -2.44. The van der Waals surface area contributed by atoms with Gasteiger partial charge in [0.15, 0.2) is 12.4 Å². The average molecular weight is 382 g/mol. The van der Waals surface area contributed by atoms with E-state index in [1.807, 2.05) is 0 Å². The van der Waals surface area contributed by atoms with Crippen molar-refractivity contribution in [1.82, 2.24) is 10.1 Å². The fraction of sp³-hybridized carbons (Fsp3) is 0.250. The van der Waals surface area contributed by atoms with Crippen LogP contribution in [0.15, 0.2) is 53.1 Å². The molecule has 4 rings (SSSR count). The van der Waals surface area contributed by atoms with Crippen molar-refractivity contribution >= 4 is 11.6 Å². The number of rotatable bonds is 6. The van der Waals surface area contributed by atoms with Gasteiger partial charge < -0.3 is 20.3 Å². The number of amides is 1. The van der Waals surface area contributed by atoms with Crippen LogP contribution in [0.4, 0.5) is 10.1 Å². The number of benzene rings is 2. The minimum Gasteiger partial charge on any atom is -0.483 e. The Morgan fingerprint density at radius 3 is 2.71 bits per heavy atom. The molecular formula is C20H19FN4O3. The number of halogens is 1. The molecule has 7 nitrogen and oxygen atoms in total. The monoisotopic (exact) mass is 382 g/mol. The van der Waals surface area contributed by atoms with Crippen molar-refractivity contribution in [1.29, 1.82) is 0 Å². The van der Waals surface area contributed by atoms with E-state index in [9.17, 15) is 9.18 Å². The molecule has 3 aromatic rings. The molecule has 1 amide bonds. The van der Waals surface area contributed by atoms with Gasteiger partial charge >= 0.3 is 0 Å². The molecule has 3 N–H and O–H groups in total. The summed E-state index contributed by atoms with van der Waals surface area (Å²) < 4.78 is 24.6. The number of aromatic nitrogens is 2. The highest BCUT2D eigenvalue weighted by atomic mass is 19.1. The Bertz CT molecular complexity index is 1000. The highest BCUT2D eigenvalue weighted by Crippen LogP contribution is 2.38. The molecule has 1 aliphatic rings. The van der Waals surface area contributed by atoms with Crippen LogP contribution in [0.1, 0.15) is 25.1 Å². The fourth-order valence-electron chi connectivity index (χ4n) is 2.98. The van der Waals surface area contributed by atoms with E-state index in [0.717, 1.165) is 19.3 Å². The number of hydrogen-bond donors (Lipinski definition) is 2. The second-order valence-electron chi connectivity index (χ2n) is 6.75. The quantitative estimate of drug-likeness (QED) is 0.678. The predicted molar refractivity (Wildman–Crippen MR) is 100.0 cm³/mol. The van der Waals surface area contributed by atoms with Crippen LogP contribution in [0, 0.1) is 5.82 Å². The largest absolute Gasteiger partial charge is 0.483 e. The van der Waals surface area contributed by atoms with Gasteiger partial charge in [0.05, 0.1) is 16.8 Å². The van der Waals surface area contributed by atoms with Crippen LogP contribution in [-0.2, 0) is 10.3 Å². The minimum absolute atomic E-state index is 0.0969. The normalized spacial score (nSPS) is 14.9. The summed E-state index contributed by atoms with van der Waals surface area (Å²) in [6, 6.07) is 12.9. The van der Waals surface area contributed by atoms with Crippen molar-refractivity contribution in [3.63, 3.8) is 0 Å². The van der Waals surface area contributed by atoms with E-state index < -0.39 is 17.3 Å². The van der Waals surface area contributed by atoms with Crippen LogP contribution in [0.2, 0.25) is 0 Å². The summed E-state index contributed by atoms with van der Waals surface area (Å²) in [7, 11) is 0. The van der Waals surface area contributed by atoms with Gasteiger partial charge in [0.25, 0.3) is 11.8 Å². The molecule has 1 aliphatic carbocycles. The van der Waals surface area contributed by atoms with Gasteiger partial charge in [-0.25, -0.2) is 4.39 Å². The first-order valence-corrected chi connectivity index (χ1v) is 8.95. The number of para-hydroxylation sites is 2. The molecule has 0 bridgehead atoms. The summed E-state index contributed by atoms with van der Waals surface area (Å²) in [5, 5.41) is 6.47. The number of nitrogens with one attached hydrogen (secondary N) is 1. The van der Waals surface area contributed by atoms with Crippen molar-refractivity contribution < 1.29 is 18.4 Å². The summed E-state index contributed by atoms with van der Waals surface area (Å²) in [6.45, 7) is -0.298.